The van der Waals surface area contributed by atoms with Gasteiger partial charge >= 0.3 is 0 Å². The molecule has 2 N–H and O–H groups in total. The van der Waals surface area contributed by atoms with E-state index in [-0.39, 0.29) is 18.2 Å². The van der Waals surface area contributed by atoms with Gasteiger partial charge in [0.2, 0.25) is 11.9 Å². The van der Waals surface area contributed by atoms with Gasteiger partial charge in [-0.1, -0.05) is 36.0 Å². The van der Waals surface area contributed by atoms with Crippen molar-refractivity contribution in [1.29, 1.82) is 0 Å². The largest absolute Gasteiger partial charge is 0.351 e. The van der Waals surface area contributed by atoms with Gasteiger partial charge in [0.1, 0.15) is 5.82 Å². The molecule has 2 fully saturated rings. The summed E-state index contributed by atoms with van der Waals surface area (Å²) in [4.78, 5) is 42.2. The Hall–Kier alpha value is -4.12. The van der Waals surface area contributed by atoms with E-state index in [0.29, 0.717) is 41.0 Å². The number of benzene rings is 1. The Bertz CT molecular complexity index is 1540. The van der Waals surface area contributed by atoms with Crippen LogP contribution in [0.25, 0.3) is 22.9 Å². The second kappa shape index (κ2) is 9.74. The van der Waals surface area contributed by atoms with Crippen molar-refractivity contribution in [3.05, 3.63) is 65.4 Å². The summed E-state index contributed by atoms with van der Waals surface area (Å²) in [5.41, 5.74) is 4.88. The molecule has 10 nitrogen and oxygen atoms in total. The molecule has 186 valence electrons. The topological polar surface area (TPSA) is 127 Å². The number of imide groups is 1. The minimum Gasteiger partial charge on any atom is -0.351 e. The summed E-state index contributed by atoms with van der Waals surface area (Å²) < 4.78 is 1.67. The van der Waals surface area contributed by atoms with Crippen LogP contribution in [0.4, 0.5) is 5.95 Å². The Kier molecular flexibility index (Phi) is 6.13. The number of anilines is 1. The van der Waals surface area contributed by atoms with E-state index in [1.165, 1.54) is 11.8 Å². The second-order valence-corrected chi connectivity index (χ2v) is 9.83. The Morgan fingerprint density at radius 3 is 2.65 bits per heavy atom. The molecule has 1 saturated carbocycles. The second-order valence-electron chi connectivity index (χ2n) is 9.06. The smallest absolute Gasteiger partial charge is 0.254 e. The molecule has 1 aromatic carbocycles. The summed E-state index contributed by atoms with van der Waals surface area (Å²) in [5, 5.41) is 11.0. The number of carbonyl (C=O) groups excluding carboxylic acids is 2. The van der Waals surface area contributed by atoms with Crippen molar-refractivity contribution < 1.29 is 9.59 Å². The van der Waals surface area contributed by atoms with Crippen LogP contribution in [-0.2, 0) is 22.4 Å². The SMILES string of the molecule is CSc1ncc(-c2ccccc2CCc2nc(NC3CC3)n3ncc(/C=C4\CC(=O)NC4=O)c3n2)cn1. The average molecular weight is 513 g/mol. The van der Waals surface area contributed by atoms with Gasteiger partial charge in [0.05, 0.1) is 12.6 Å². The number of carbonyl (C=O) groups is 2. The zero-order valence-electron chi connectivity index (χ0n) is 20.1. The van der Waals surface area contributed by atoms with E-state index in [0.717, 1.165) is 41.1 Å². The van der Waals surface area contributed by atoms with E-state index in [1.807, 2.05) is 30.8 Å². The van der Waals surface area contributed by atoms with E-state index in [4.69, 9.17) is 9.97 Å². The van der Waals surface area contributed by atoms with Crippen LogP contribution in [0, 0.1) is 0 Å². The van der Waals surface area contributed by atoms with Crippen LogP contribution in [0.15, 0.2) is 53.6 Å². The number of hydrogen-bond donors (Lipinski definition) is 2. The number of amides is 2. The molecule has 1 aliphatic heterocycles. The molecule has 2 amide bonds. The van der Waals surface area contributed by atoms with Crippen LogP contribution in [-0.4, -0.2) is 53.7 Å². The molecule has 6 rings (SSSR count). The predicted molar refractivity (Wildman–Crippen MR) is 140 cm³/mol. The molecule has 1 saturated heterocycles. The lowest BCUT2D eigenvalue weighted by molar-refractivity contribution is -0.124. The third-order valence-electron chi connectivity index (χ3n) is 6.33. The third-order valence-corrected chi connectivity index (χ3v) is 6.91. The summed E-state index contributed by atoms with van der Waals surface area (Å²) in [5.74, 6) is 0.632. The van der Waals surface area contributed by atoms with Gasteiger partial charge in [0, 0.05) is 41.6 Å². The lowest BCUT2D eigenvalue weighted by Crippen LogP contribution is -2.19. The minimum absolute atomic E-state index is 0.0553. The zero-order valence-corrected chi connectivity index (χ0v) is 21.0. The van der Waals surface area contributed by atoms with Crippen LogP contribution >= 0.6 is 11.8 Å². The van der Waals surface area contributed by atoms with Crippen LogP contribution in [0.2, 0.25) is 0 Å². The van der Waals surface area contributed by atoms with Crippen molar-refractivity contribution in [2.75, 3.05) is 11.6 Å². The molecule has 0 bridgehead atoms. The Morgan fingerprint density at radius 1 is 1.11 bits per heavy atom. The predicted octanol–water partition coefficient (Wildman–Crippen LogP) is 3.09. The first-order valence-corrected chi connectivity index (χ1v) is 13.3. The zero-order chi connectivity index (χ0) is 25.4. The fraction of sp³-hybridized carbons (Fsp3) is 0.269. The van der Waals surface area contributed by atoms with Gasteiger partial charge in [-0.05, 0) is 42.7 Å². The normalized spacial score (nSPS) is 16.5. The highest BCUT2D eigenvalue weighted by molar-refractivity contribution is 7.98. The lowest BCUT2D eigenvalue weighted by atomic mass is 9.98. The van der Waals surface area contributed by atoms with Crippen molar-refractivity contribution in [2.45, 2.75) is 43.3 Å². The maximum Gasteiger partial charge on any atom is 0.254 e. The number of hydrogen-bond acceptors (Lipinski definition) is 9. The number of nitrogens with one attached hydrogen (secondary N) is 2. The van der Waals surface area contributed by atoms with Gasteiger partial charge in [0.15, 0.2) is 10.8 Å². The van der Waals surface area contributed by atoms with Crippen molar-refractivity contribution in [2.24, 2.45) is 0 Å². The van der Waals surface area contributed by atoms with Crippen LogP contribution in [0.3, 0.4) is 0 Å². The molecule has 4 aromatic rings. The molecule has 0 unspecified atom stereocenters. The Morgan fingerprint density at radius 2 is 1.92 bits per heavy atom. The van der Waals surface area contributed by atoms with Gasteiger partial charge in [-0.15, -0.1) is 0 Å². The summed E-state index contributed by atoms with van der Waals surface area (Å²) >= 11 is 1.51. The highest BCUT2D eigenvalue weighted by Gasteiger charge is 2.26. The molecule has 4 heterocycles. The quantitative estimate of drug-likeness (QED) is 0.158. The molecule has 11 heteroatoms. The van der Waals surface area contributed by atoms with Crippen molar-refractivity contribution >= 4 is 41.2 Å². The number of rotatable bonds is 8. The molecule has 0 spiro atoms. The van der Waals surface area contributed by atoms with E-state index < -0.39 is 0 Å². The molecule has 2 aliphatic rings. The standard InChI is InChI=1S/C26H24N8O2S/c1-37-26-27-12-18(13-28-26)20-5-3-2-4-15(20)6-9-21-31-23-17(10-16-11-22(35)33-24(16)36)14-29-34(23)25(32-21)30-19-7-8-19/h2-5,10,12-14,19H,6-9,11H2,1H3,(H,30,31,32)(H,33,35,36)/b16-10+. The van der Waals surface area contributed by atoms with Gasteiger partial charge in [-0.2, -0.15) is 14.6 Å². The van der Waals surface area contributed by atoms with E-state index in [1.54, 1.807) is 16.8 Å². The molecular weight excluding hydrogens is 488 g/mol. The van der Waals surface area contributed by atoms with E-state index in [9.17, 15) is 9.59 Å². The Labute approximate surface area is 217 Å². The summed E-state index contributed by atoms with van der Waals surface area (Å²) in [6.45, 7) is 0. The van der Waals surface area contributed by atoms with Crippen LogP contribution in [0.5, 0.6) is 0 Å². The average Bonchev–Trinajstić information content (AvgIpc) is 3.55. The summed E-state index contributed by atoms with van der Waals surface area (Å²) in [7, 11) is 0. The van der Waals surface area contributed by atoms with Gasteiger partial charge < -0.3 is 5.32 Å². The molecule has 3 aromatic heterocycles. The van der Waals surface area contributed by atoms with Crippen molar-refractivity contribution in [3.8, 4) is 11.1 Å². The van der Waals surface area contributed by atoms with Crippen molar-refractivity contribution in [1.82, 2.24) is 34.9 Å². The number of fused-ring (bicyclic) bond motifs is 1. The van der Waals surface area contributed by atoms with Gasteiger partial charge in [-0.3, -0.25) is 14.9 Å². The maximum atomic E-state index is 12.1. The number of nitrogens with zero attached hydrogens (tertiary/aromatic N) is 6. The first kappa shape index (κ1) is 23.3. The van der Waals surface area contributed by atoms with Crippen LogP contribution in [0.1, 0.15) is 36.2 Å². The first-order valence-electron chi connectivity index (χ1n) is 12.1. The lowest BCUT2D eigenvalue weighted by Gasteiger charge is -2.11. The summed E-state index contributed by atoms with van der Waals surface area (Å²) in [6, 6.07) is 8.59. The molecule has 0 atom stereocenters. The minimum atomic E-state index is -0.374. The number of aromatic nitrogens is 6. The van der Waals surface area contributed by atoms with Gasteiger partial charge in [0.25, 0.3) is 5.91 Å². The monoisotopic (exact) mass is 512 g/mol. The first-order chi connectivity index (χ1) is 18.1. The highest BCUT2D eigenvalue weighted by Crippen LogP contribution is 2.27. The van der Waals surface area contributed by atoms with Gasteiger partial charge in [-0.25, -0.2) is 15.0 Å². The molecule has 0 radical (unpaired) electrons. The summed E-state index contributed by atoms with van der Waals surface area (Å²) in [6.07, 6.45) is 12.6. The van der Waals surface area contributed by atoms with E-state index in [2.05, 4.69) is 37.8 Å². The molecular formula is C26H24N8O2S. The number of thioether (sulfide) groups is 1. The van der Waals surface area contributed by atoms with Crippen LogP contribution < -0.4 is 10.6 Å². The Balaban J connectivity index is 1.32. The highest BCUT2D eigenvalue weighted by atomic mass is 32.2. The fourth-order valence-corrected chi connectivity index (χ4v) is 4.61. The molecule has 1 aliphatic carbocycles. The van der Waals surface area contributed by atoms with Crippen molar-refractivity contribution in [3.63, 3.8) is 0 Å². The number of aryl methyl sites for hydroxylation is 2. The fourth-order valence-electron chi connectivity index (χ4n) is 4.29. The third kappa shape index (κ3) is 4.94. The van der Waals surface area contributed by atoms with E-state index >= 15 is 0 Å². The molecule has 37 heavy (non-hydrogen) atoms. The maximum absolute atomic E-state index is 12.1.